The van der Waals surface area contributed by atoms with Crippen molar-refractivity contribution in [2.45, 2.75) is 0 Å². The van der Waals surface area contributed by atoms with Crippen molar-refractivity contribution in [1.29, 1.82) is 0 Å². The highest BCUT2D eigenvalue weighted by Crippen LogP contribution is 2.31. The van der Waals surface area contributed by atoms with Gasteiger partial charge >= 0.3 is 0 Å². The summed E-state index contributed by atoms with van der Waals surface area (Å²) in [6.45, 7) is 0.144. The maximum atomic E-state index is 8.50. The molecule has 1 aromatic rings. The van der Waals surface area contributed by atoms with Crippen molar-refractivity contribution in [2.75, 3.05) is 13.2 Å². The quantitative estimate of drug-likeness (QED) is 0.824. The molecule has 0 aliphatic rings. The minimum Gasteiger partial charge on any atom is -0.488 e. The molecule has 0 saturated heterocycles. The average Bonchev–Trinajstić information content (AvgIpc) is 2.04. The van der Waals surface area contributed by atoms with E-state index in [1.54, 1.807) is 18.2 Å². The fourth-order valence-corrected chi connectivity index (χ4v) is 1.27. The lowest BCUT2D eigenvalue weighted by atomic mass is 10.3. The van der Waals surface area contributed by atoms with E-state index in [9.17, 15) is 0 Å². The van der Waals surface area contributed by atoms with Crippen LogP contribution in [0.15, 0.2) is 18.2 Å². The van der Waals surface area contributed by atoms with Crippen molar-refractivity contribution >= 4 is 23.2 Å². The summed E-state index contributed by atoms with van der Waals surface area (Å²) in [5, 5.41) is 9.41. The Kier molecular flexibility index (Phi) is 3.66. The molecule has 2 nitrogen and oxygen atoms in total. The molecule has 4 heteroatoms. The molecule has 0 aliphatic heterocycles. The predicted octanol–water partition coefficient (Wildman–Crippen LogP) is 2.36. The second kappa shape index (κ2) is 4.55. The number of halogens is 2. The Hall–Kier alpha value is -0.440. The second-order valence-corrected chi connectivity index (χ2v) is 2.94. The monoisotopic (exact) mass is 206 g/mol. The van der Waals surface area contributed by atoms with Crippen LogP contribution in [0, 0.1) is 0 Å². The Balaban J connectivity index is 2.81. The van der Waals surface area contributed by atoms with Crippen molar-refractivity contribution in [1.82, 2.24) is 0 Å². The molecular weight excluding hydrogens is 199 g/mol. The van der Waals surface area contributed by atoms with Gasteiger partial charge in [0, 0.05) is 0 Å². The lowest BCUT2D eigenvalue weighted by molar-refractivity contribution is 0.201. The van der Waals surface area contributed by atoms with Crippen LogP contribution in [0.25, 0.3) is 0 Å². The number of aliphatic hydroxyl groups is 1. The molecule has 0 aromatic heterocycles. The van der Waals surface area contributed by atoms with Crippen molar-refractivity contribution in [3.63, 3.8) is 0 Å². The Morgan fingerprint density at radius 2 is 1.83 bits per heavy atom. The van der Waals surface area contributed by atoms with Gasteiger partial charge in [0.1, 0.15) is 6.61 Å². The third kappa shape index (κ3) is 2.27. The van der Waals surface area contributed by atoms with Gasteiger partial charge in [-0.05, 0) is 12.1 Å². The number of benzene rings is 1. The van der Waals surface area contributed by atoms with Crippen LogP contribution in [-0.4, -0.2) is 18.3 Å². The molecule has 66 valence electrons. The van der Waals surface area contributed by atoms with Crippen LogP contribution in [0.5, 0.6) is 5.75 Å². The number of ether oxygens (including phenoxy) is 1. The summed E-state index contributed by atoms with van der Waals surface area (Å²) >= 11 is 11.5. The Morgan fingerprint density at radius 3 is 2.33 bits per heavy atom. The first kappa shape index (κ1) is 9.65. The van der Waals surface area contributed by atoms with E-state index < -0.39 is 0 Å². The van der Waals surface area contributed by atoms with Gasteiger partial charge in [0.2, 0.25) is 0 Å². The highest BCUT2D eigenvalue weighted by Gasteiger charge is 2.04. The molecular formula is C8H8Cl2O2. The van der Waals surface area contributed by atoms with Gasteiger partial charge in [-0.2, -0.15) is 0 Å². The average molecular weight is 207 g/mol. The zero-order valence-electron chi connectivity index (χ0n) is 6.26. The molecule has 0 saturated carbocycles. The summed E-state index contributed by atoms with van der Waals surface area (Å²) in [6, 6.07) is 5.09. The first-order valence-electron chi connectivity index (χ1n) is 3.43. The van der Waals surface area contributed by atoms with Gasteiger partial charge in [-0.25, -0.2) is 0 Å². The summed E-state index contributed by atoms with van der Waals surface area (Å²) < 4.78 is 5.10. The van der Waals surface area contributed by atoms with Crippen LogP contribution in [0.3, 0.4) is 0 Å². The maximum absolute atomic E-state index is 8.50. The largest absolute Gasteiger partial charge is 0.488 e. The molecule has 12 heavy (non-hydrogen) atoms. The van der Waals surface area contributed by atoms with Crippen LogP contribution in [-0.2, 0) is 0 Å². The molecule has 1 N–H and O–H groups in total. The van der Waals surface area contributed by atoms with Crippen molar-refractivity contribution < 1.29 is 9.84 Å². The molecule has 0 atom stereocenters. The van der Waals surface area contributed by atoms with Crippen molar-refractivity contribution in [3.8, 4) is 5.75 Å². The summed E-state index contributed by atoms with van der Waals surface area (Å²) in [7, 11) is 0. The van der Waals surface area contributed by atoms with E-state index in [0.29, 0.717) is 15.8 Å². The van der Waals surface area contributed by atoms with E-state index in [0.717, 1.165) is 0 Å². The highest BCUT2D eigenvalue weighted by molar-refractivity contribution is 6.37. The zero-order valence-corrected chi connectivity index (χ0v) is 7.77. The second-order valence-electron chi connectivity index (χ2n) is 2.12. The molecule has 1 rings (SSSR count). The summed E-state index contributed by atoms with van der Waals surface area (Å²) in [6.07, 6.45) is 0. The molecule has 0 fully saturated rings. The third-order valence-corrected chi connectivity index (χ3v) is 1.85. The van der Waals surface area contributed by atoms with Crippen molar-refractivity contribution in [3.05, 3.63) is 28.2 Å². The summed E-state index contributed by atoms with van der Waals surface area (Å²) in [5.74, 6) is 0.426. The third-order valence-electron chi connectivity index (χ3n) is 1.26. The molecule has 0 heterocycles. The first-order valence-corrected chi connectivity index (χ1v) is 4.19. The minimum atomic E-state index is -0.0540. The number of hydrogen-bond acceptors (Lipinski definition) is 2. The van der Waals surface area contributed by atoms with E-state index in [4.69, 9.17) is 33.0 Å². The molecule has 0 radical (unpaired) electrons. The van der Waals surface area contributed by atoms with E-state index >= 15 is 0 Å². The minimum absolute atomic E-state index is 0.0540. The summed E-state index contributed by atoms with van der Waals surface area (Å²) in [4.78, 5) is 0. The van der Waals surface area contributed by atoms with Gasteiger partial charge in [-0.1, -0.05) is 29.3 Å². The predicted molar refractivity (Wildman–Crippen MR) is 49.0 cm³/mol. The van der Waals surface area contributed by atoms with Gasteiger partial charge in [0.15, 0.2) is 5.75 Å². The van der Waals surface area contributed by atoms with Crippen LogP contribution in [0.1, 0.15) is 0 Å². The molecule has 1 aromatic carbocycles. The molecule has 0 bridgehead atoms. The van der Waals surface area contributed by atoms with Crippen LogP contribution in [0.4, 0.5) is 0 Å². The summed E-state index contributed by atoms with van der Waals surface area (Å²) in [5.41, 5.74) is 0. The molecule has 0 aliphatic carbocycles. The molecule has 0 unspecified atom stereocenters. The van der Waals surface area contributed by atoms with Gasteiger partial charge in [0.25, 0.3) is 0 Å². The van der Waals surface area contributed by atoms with Gasteiger partial charge in [0.05, 0.1) is 16.7 Å². The van der Waals surface area contributed by atoms with E-state index in [-0.39, 0.29) is 13.2 Å². The van der Waals surface area contributed by atoms with Crippen molar-refractivity contribution in [2.24, 2.45) is 0 Å². The van der Waals surface area contributed by atoms with Crippen LogP contribution in [0.2, 0.25) is 10.0 Å². The van der Waals surface area contributed by atoms with Gasteiger partial charge in [-0.15, -0.1) is 0 Å². The highest BCUT2D eigenvalue weighted by atomic mass is 35.5. The number of rotatable bonds is 3. The Morgan fingerprint density at radius 1 is 1.25 bits per heavy atom. The van der Waals surface area contributed by atoms with Gasteiger partial charge in [-0.3, -0.25) is 0 Å². The molecule has 0 spiro atoms. The zero-order chi connectivity index (χ0) is 8.97. The topological polar surface area (TPSA) is 29.5 Å². The van der Waals surface area contributed by atoms with Crippen LogP contribution >= 0.6 is 23.2 Å². The first-order chi connectivity index (χ1) is 5.75. The van der Waals surface area contributed by atoms with E-state index in [1.165, 1.54) is 0 Å². The number of para-hydroxylation sites is 1. The normalized spacial score (nSPS) is 9.92. The fourth-order valence-electron chi connectivity index (χ4n) is 0.768. The Bertz CT molecular complexity index is 243. The maximum Gasteiger partial charge on any atom is 0.156 e. The number of hydrogen-bond donors (Lipinski definition) is 1. The van der Waals surface area contributed by atoms with Gasteiger partial charge < -0.3 is 9.84 Å². The lowest BCUT2D eigenvalue weighted by Crippen LogP contribution is -2.02. The molecule has 0 amide bonds. The van der Waals surface area contributed by atoms with E-state index in [1.807, 2.05) is 0 Å². The van der Waals surface area contributed by atoms with E-state index in [2.05, 4.69) is 0 Å². The SMILES string of the molecule is OCCOc1c(Cl)cccc1Cl. The Labute approximate surface area is 80.7 Å². The smallest absolute Gasteiger partial charge is 0.156 e. The van der Waals surface area contributed by atoms with Crippen LogP contribution < -0.4 is 4.74 Å². The number of aliphatic hydroxyl groups excluding tert-OH is 1. The standard InChI is InChI=1S/C8H8Cl2O2/c9-6-2-1-3-7(10)8(6)12-5-4-11/h1-3,11H,4-5H2. The lowest BCUT2D eigenvalue weighted by Gasteiger charge is -2.07. The fraction of sp³-hybridized carbons (Fsp3) is 0.250.